The highest BCUT2D eigenvalue weighted by molar-refractivity contribution is 5.79. The van der Waals surface area contributed by atoms with E-state index in [2.05, 4.69) is 39.5 Å². The molecule has 120 valence electrons. The largest absolute Gasteiger partial charge is 0.444 e. The minimum atomic E-state index is 0.542. The molecule has 0 atom stereocenters. The van der Waals surface area contributed by atoms with Crippen molar-refractivity contribution < 1.29 is 4.42 Å². The number of aromatic nitrogens is 1. The average Bonchev–Trinajstić information content (AvgIpc) is 2.79. The van der Waals surface area contributed by atoms with Crippen LogP contribution in [0.1, 0.15) is 37.1 Å². The minimum Gasteiger partial charge on any atom is -0.444 e. The molecule has 0 aliphatic carbocycles. The molecular formula is C15H29N5O. The molecule has 6 nitrogen and oxygen atoms in total. The molecule has 0 saturated heterocycles. The Morgan fingerprint density at radius 2 is 2.05 bits per heavy atom. The lowest BCUT2D eigenvalue weighted by molar-refractivity contribution is 0.332. The number of likely N-dealkylation sites (N-methyl/N-ethyl adjacent to an activating group) is 1. The average molecular weight is 295 g/mol. The van der Waals surface area contributed by atoms with Crippen LogP contribution in [0.25, 0.3) is 0 Å². The molecule has 0 spiro atoms. The third-order valence-corrected chi connectivity index (χ3v) is 3.38. The number of nitrogens with one attached hydrogen (secondary N) is 2. The predicted molar refractivity (Wildman–Crippen MR) is 86.6 cm³/mol. The summed E-state index contributed by atoms with van der Waals surface area (Å²) < 4.78 is 5.53. The van der Waals surface area contributed by atoms with E-state index < -0.39 is 0 Å². The van der Waals surface area contributed by atoms with Gasteiger partial charge in [-0.2, -0.15) is 0 Å². The van der Waals surface area contributed by atoms with Gasteiger partial charge in [-0.1, -0.05) is 13.3 Å². The zero-order valence-corrected chi connectivity index (χ0v) is 14.0. The standard InChI is InChI=1S/C15H29N5O/c1-6-7-9-20(5)10-8-17-15(16-4)18-11-14-19-12(2)13(3)21-14/h6-11H2,1-5H3,(H2,16,17,18). The summed E-state index contributed by atoms with van der Waals surface area (Å²) in [6, 6.07) is 0. The van der Waals surface area contributed by atoms with Gasteiger partial charge in [-0.15, -0.1) is 0 Å². The fraction of sp³-hybridized carbons (Fsp3) is 0.733. The van der Waals surface area contributed by atoms with Gasteiger partial charge >= 0.3 is 0 Å². The van der Waals surface area contributed by atoms with Crippen molar-refractivity contribution >= 4 is 5.96 Å². The van der Waals surface area contributed by atoms with E-state index in [0.29, 0.717) is 12.4 Å². The summed E-state index contributed by atoms with van der Waals surface area (Å²) in [4.78, 5) is 10.9. The van der Waals surface area contributed by atoms with Crippen molar-refractivity contribution in [1.29, 1.82) is 0 Å². The summed E-state index contributed by atoms with van der Waals surface area (Å²) in [7, 11) is 3.91. The van der Waals surface area contributed by atoms with Crippen LogP contribution in [-0.2, 0) is 6.54 Å². The summed E-state index contributed by atoms with van der Waals surface area (Å²) in [6.07, 6.45) is 2.47. The van der Waals surface area contributed by atoms with Crippen molar-refractivity contribution in [2.75, 3.05) is 33.7 Å². The fourth-order valence-electron chi connectivity index (χ4n) is 1.90. The van der Waals surface area contributed by atoms with Gasteiger partial charge in [0, 0.05) is 20.1 Å². The summed E-state index contributed by atoms with van der Waals surface area (Å²) in [5.41, 5.74) is 0.937. The third-order valence-electron chi connectivity index (χ3n) is 3.38. The number of nitrogens with zero attached hydrogens (tertiary/aromatic N) is 3. The van der Waals surface area contributed by atoms with Crippen LogP contribution >= 0.6 is 0 Å². The van der Waals surface area contributed by atoms with Gasteiger partial charge in [0.05, 0.1) is 12.2 Å². The van der Waals surface area contributed by atoms with Crippen molar-refractivity contribution in [1.82, 2.24) is 20.5 Å². The molecule has 6 heteroatoms. The summed E-state index contributed by atoms with van der Waals surface area (Å²) in [6.45, 7) is 9.62. The Morgan fingerprint density at radius 1 is 1.29 bits per heavy atom. The molecular weight excluding hydrogens is 266 g/mol. The minimum absolute atomic E-state index is 0.542. The first-order chi connectivity index (χ1) is 10.1. The van der Waals surface area contributed by atoms with Crippen molar-refractivity contribution in [3.05, 3.63) is 17.3 Å². The van der Waals surface area contributed by atoms with E-state index in [1.54, 1.807) is 7.05 Å². The molecule has 0 amide bonds. The molecule has 0 saturated carbocycles. The highest BCUT2D eigenvalue weighted by atomic mass is 16.4. The van der Waals surface area contributed by atoms with Crippen LogP contribution in [0.15, 0.2) is 9.41 Å². The molecule has 1 aromatic rings. The Bertz CT molecular complexity index is 422. The maximum absolute atomic E-state index is 5.53. The van der Waals surface area contributed by atoms with Crippen LogP contribution in [0, 0.1) is 13.8 Å². The van der Waals surface area contributed by atoms with Gasteiger partial charge in [0.1, 0.15) is 5.76 Å². The van der Waals surface area contributed by atoms with Crippen LogP contribution in [-0.4, -0.2) is 49.6 Å². The molecule has 0 aliphatic rings. The maximum Gasteiger partial charge on any atom is 0.214 e. The monoisotopic (exact) mass is 295 g/mol. The van der Waals surface area contributed by atoms with E-state index in [1.807, 2.05) is 13.8 Å². The Kier molecular flexibility index (Phi) is 7.82. The third kappa shape index (κ3) is 6.62. The SMILES string of the molecule is CCCCN(C)CCNC(=NC)NCc1nc(C)c(C)o1. The highest BCUT2D eigenvalue weighted by Gasteiger charge is 2.06. The van der Waals surface area contributed by atoms with E-state index in [9.17, 15) is 0 Å². The van der Waals surface area contributed by atoms with Crippen molar-refractivity contribution in [3.63, 3.8) is 0 Å². The van der Waals surface area contributed by atoms with Crippen molar-refractivity contribution in [2.24, 2.45) is 4.99 Å². The van der Waals surface area contributed by atoms with Gasteiger partial charge in [0.25, 0.3) is 0 Å². The molecule has 2 N–H and O–H groups in total. The summed E-state index contributed by atoms with van der Waals surface area (Å²) in [5.74, 6) is 2.33. The normalized spacial score (nSPS) is 12.0. The van der Waals surface area contributed by atoms with Gasteiger partial charge in [-0.05, 0) is 33.9 Å². The Balaban J connectivity index is 2.26. The van der Waals surface area contributed by atoms with Crippen LogP contribution in [0.4, 0.5) is 0 Å². The lowest BCUT2D eigenvalue weighted by atomic mass is 10.3. The smallest absolute Gasteiger partial charge is 0.214 e. The number of aliphatic imine (C=N–C) groups is 1. The summed E-state index contributed by atoms with van der Waals surface area (Å²) in [5, 5.41) is 6.50. The molecule has 0 radical (unpaired) electrons. The van der Waals surface area contributed by atoms with E-state index in [-0.39, 0.29) is 0 Å². The fourth-order valence-corrected chi connectivity index (χ4v) is 1.90. The lowest BCUT2D eigenvalue weighted by Gasteiger charge is -2.17. The number of unbranched alkanes of at least 4 members (excludes halogenated alkanes) is 1. The Morgan fingerprint density at radius 3 is 2.62 bits per heavy atom. The van der Waals surface area contributed by atoms with Crippen LogP contribution in [0.2, 0.25) is 0 Å². The van der Waals surface area contributed by atoms with E-state index >= 15 is 0 Å². The van der Waals surface area contributed by atoms with Crippen LogP contribution in [0.5, 0.6) is 0 Å². The highest BCUT2D eigenvalue weighted by Crippen LogP contribution is 2.07. The van der Waals surface area contributed by atoms with Crippen LogP contribution < -0.4 is 10.6 Å². The quantitative estimate of drug-likeness (QED) is 0.564. The first-order valence-corrected chi connectivity index (χ1v) is 7.62. The maximum atomic E-state index is 5.53. The van der Waals surface area contributed by atoms with Crippen molar-refractivity contribution in [2.45, 2.75) is 40.2 Å². The molecule has 21 heavy (non-hydrogen) atoms. The molecule has 1 aromatic heterocycles. The topological polar surface area (TPSA) is 65.7 Å². The second-order valence-corrected chi connectivity index (χ2v) is 5.26. The number of guanidine groups is 1. The van der Waals surface area contributed by atoms with E-state index in [4.69, 9.17) is 4.42 Å². The van der Waals surface area contributed by atoms with E-state index in [0.717, 1.165) is 37.0 Å². The molecule has 1 rings (SSSR count). The summed E-state index contributed by atoms with van der Waals surface area (Å²) >= 11 is 0. The molecule has 1 heterocycles. The molecule has 0 unspecified atom stereocenters. The number of rotatable bonds is 8. The second kappa shape index (κ2) is 9.39. The van der Waals surface area contributed by atoms with Gasteiger partial charge in [0.2, 0.25) is 5.89 Å². The molecule has 0 bridgehead atoms. The molecule has 0 aliphatic heterocycles. The zero-order chi connectivity index (χ0) is 15.7. The second-order valence-electron chi connectivity index (χ2n) is 5.26. The van der Waals surface area contributed by atoms with Gasteiger partial charge < -0.3 is 20.0 Å². The molecule has 0 aromatic carbocycles. The van der Waals surface area contributed by atoms with E-state index in [1.165, 1.54) is 12.8 Å². The van der Waals surface area contributed by atoms with Crippen molar-refractivity contribution in [3.8, 4) is 0 Å². The number of aryl methyl sites for hydroxylation is 2. The van der Waals surface area contributed by atoms with Gasteiger partial charge in [-0.25, -0.2) is 4.98 Å². The Labute approximate surface area is 128 Å². The molecule has 0 fully saturated rings. The number of hydrogen-bond acceptors (Lipinski definition) is 4. The van der Waals surface area contributed by atoms with Gasteiger partial charge in [-0.3, -0.25) is 4.99 Å². The van der Waals surface area contributed by atoms with Crippen LogP contribution in [0.3, 0.4) is 0 Å². The number of oxazole rings is 1. The lowest BCUT2D eigenvalue weighted by Crippen LogP contribution is -2.40. The first-order valence-electron chi connectivity index (χ1n) is 7.62. The predicted octanol–water partition coefficient (Wildman–Crippen LogP) is 1.69. The zero-order valence-electron chi connectivity index (χ0n) is 14.0. The Hall–Kier alpha value is -1.56. The number of hydrogen-bond donors (Lipinski definition) is 2. The van der Waals surface area contributed by atoms with Gasteiger partial charge in [0.15, 0.2) is 5.96 Å². The first kappa shape index (κ1) is 17.5.